The first-order valence-corrected chi connectivity index (χ1v) is 31.6. The topological polar surface area (TPSA) is 18.5 Å². The third-order valence-corrected chi connectivity index (χ3v) is 4.47. The summed E-state index contributed by atoms with van der Waals surface area (Å²) in [5.74, 6) is 1.47. The summed E-state index contributed by atoms with van der Waals surface area (Å²) in [6.45, 7) is 15.0. The Morgan fingerprint density at radius 3 is 0.957 bits per heavy atom. The van der Waals surface area contributed by atoms with Crippen molar-refractivity contribution in [2.75, 3.05) is 26.4 Å². The Morgan fingerprint density at radius 1 is 0.609 bits per heavy atom. The van der Waals surface area contributed by atoms with Gasteiger partial charge in [-0.25, -0.2) is 0 Å². The van der Waals surface area contributed by atoms with Gasteiger partial charge in [0, 0.05) is 32.3 Å². The van der Waals surface area contributed by atoms with Crippen molar-refractivity contribution in [2.24, 2.45) is 0 Å². The van der Waals surface area contributed by atoms with Crippen molar-refractivity contribution in [2.45, 2.75) is 60.3 Å². The monoisotopic (exact) mass is 771 g/mol. The number of ether oxygens (including phenoxy) is 2. The minimum atomic E-state index is -0.0651. The van der Waals surface area contributed by atoms with E-state index < -0.39 is 0 Å². The van der Waals surface area contributed by atoms with Gasteiger partial charge in [0.1, 0.15) is 0 Å². The Labute approximate surface area is 174 Å². The molecule has 1 radical (unpaired) electrons. The molecule has 5 heteroatoms. The number of hydrogen-bond donors (Lipinski definition) is 0. The molecule has 0 saturated carbocycles. The quantitative estimate of drug-likeness (QED) is 0.258. The Hall–Kier alpha value is 1.91. The zero-order valence-electron chi connectivity index (χ0n) is 15.2. The maximum atomic E-state index is 4.94. The summed E-state index contributed by atoms with van der Waals surface area (Å²) in [5, 5.41) is 0. The van der Waals surface area contributed by atoms with E-state index in [9.17, 15) is 0 Å². The van der Waals surface area contributed by atoms with Crippen LogP contribution in [0.2, 0.25) is 0 Å². The van der Waals surface area contributed by atoms with Crippen LogP contribution < -0.4 is 0 Å². The van der Waals surface area contributed by atoms with Crippen molar-refractivity contribution in [1.82, 2.24) is 0 Å². The second kappa shape index (κ2) is 16.1. The second-order valence-corrected chi connectivity index (χ2v) is 35.7. The predicted molar refractivity (Wildman–Crippen MR) is 114 cm³/mol. The first-order valence-electron chi connectivity index (χ1n) is 8.28. The van der Waals surface area contributed by atoms with Crippen molar-refractivity contribution in [1.29, 1.82) is 0 Å². The molecule has 2 aliphatic heterocycles. The van der Waals surface area contributed by atoms with Crippen LogP contribution in [0.25, 0.3) is 0 Å². The van der Waals surface area contributed by atoms with E-state index in [0.29, 0.717) is 0 Å². The molecule has 2 fully saturated rings. The zero-order chi connectivity index (χ0) is 17.7. The van der Waals surface area contributed by atoms with Gasteiger partial charge in [0.05, 0.1) is 0 Å². The van der Waals surface area contributed by atoms with Crippen molar-refractivity contribution in [3.63, 3.8) is 0 Å². The van der Waals surface area contributed by atoms with E-state index in [1.54, 1.807) is 0 Å². The van der Waals surface area contributed by atoms with Crippen LogP contribution in [0.1, 0.15) is 60.3 Å². The first-order chi connectivity index (χ1) is 11.0. The SMILES string of the molecule is C1CCOC1.C1CCOC1.C[C]1C(C)=C(C)C(C)=C1C.[I][U][I]. The van der Waals surface area contributed by atoms with Gasteiger partial charge in [-0.1, -0.05) is 18.1 Å². The van der Waals surface area contributed by atoms with Gasteiger partial charge < -0.3 is 9.47 Å². The Morgan fingerprint density at radius 2 is 0.870 bits per heavy atom. The molecule has 2 heterocycles. The average Bonchev–Trinajstić information content (AvgIpc) is 3.31. The standard InChI is InChI=1S/C10H15.2C4H8O.2HI.U/c1-6-7(2)9(4)10(5)8(6)3;2*1-2-4-5-3-1;;;/h1-5H3;2*1-4H2;2*1H;/q;;;;;+2/p-2. The molecule has 0 aromatic rings. The van der Waals surface area contributed by atoms with Crippen LogP contribution in [0.5, 0.6) is 0 Å². The molecule has 0 atom stereocenters. The van der Waals surface area contributed by atoms with E-state index in [2.05, 4.69) is 68.1 Å². The van der Waals surface area contributed by atoms with Gasteiger partial charge in [0.25, 0.3) is 0 Å². The summed E-state index contributed by atoms with van der Waals surface area (Å²) >= 11 is 4.90. The minimum absolute atomic E-state index is 0.0651. The van der Waals surface area contributed by atoms with Gasteiger partial charge >= 0.3 is 52.0 Å². The number of allylic oxidation sites excluding steroid dienone is 4. The summed E-state index contributed by atoms with van der Waals surface area (Å²) in [7, 11) is 0. The van der Waals surface area contributed by atoms with Crippen molar-refractivity contribution >= 4 is 33.5 Å². The van der Waals surface area contributed by atoms with Crippen molar-refractivity contribution in [3.05, 3.63) is 28.2 Å². The molecule has 0 spiro atoms. The third kappa shape index (κ3) is 11.3. The molecule has 3 rings (SSSR count). The van der Waals surface area contributed by atoms with Crippen molar-refractivity contribution in [3.8, 4) is 0 Å². The van der Waals surface area contributed by atoms with E-state index in [1.807, 2.05) is 0 Å². The first kappa shape index (κ1) is 24.9. The van der Waals surface area contributed by atoms with Gasteiger partial charge in [0.2, 0.25) is 0 Å². The Balaban J connectivity index is 0.000000313. The van der Waals surface area contributed by atoms with Crippen LogP contribution in [0.4, 0.5) is 0 Å². The fourth-order valence-corrected chi connectivity index (χ4v) is 2.43. The molecule has 2 nitrogen and oxygen atoms in total. The van der Waals surface area contributed by atoms with Gasteiger partial charge in [-0.05, 0) is 64.5 Å². The van der Waals surface area contributed by atoms with Gasteiger partial charge in [0.15, 0.2) is 0 Å². The van der Waals surface area contributed by atoms with Gasteiger partial charge in [-0.3, -0.25) is 0 Å². The fourth-order valence-electron chi connectivity index (χ4n) is 2.43. The molecule has 2 saturated heterocycles. The Bertz CT molecular complexity index is 324. The molecule has 0 aromatic heterocycles. The van der Waals surface area contributed by atoms with Crippen LogP contribution in [0.3, 0.4) is 0 Å². The molecule has 0 bridgehead atoms. The van der Waals surface area contributed by atoms with Gasteiger partial charge in [-0.15, -0.1) is 0 Å². The fraction of sp³-hybridized carbons (Fsp3) is 0.722. The van der Waals surface area contributed by atoms with Crippen LogP contribution in [-0.4, -0.2) is 26.4 Å². The average molecular weight is 771 g/mol. The molecule has 0 aromatic carbocycles. The molecule has 1 aliphatic carbocycles. The molecular weight excluding hydrogens is 740 g/mol. The predicted octanol–water partition coefficient (Wildman–Crippen LogP) is 6.63. The molecule has 0 unspecified atom stereocenters. The van der Waals surface area contributed by atoms with Crippen LogP contribution in [-0.2, 0) is 9.47 Å². The maximum absolute atomic E-state index is 4.94. The summed E-state index contributed by atoms with van der Waals surface area (Å²) in [5.41, 5.74) is 5.87. The van der Waals surface area contributed by atoms with E-state index in [0.717, 1.165) is 26.4 Å². The molecule has 3 aliphatic rings. The molecule has 23 heavy (non-hydrogen) atoms. The van der Waals surface area contributed by atoms with Crippen LogP contribution >= 0.6 is 33.5 Å². The van der Waals surface area contributed by atoms with Gasteiger partial charge in [-0.2, -0.15) is 0 Å². The summed E-state index contributed by atoms with van der Waals surface area (Å²) in [6.07, 6.45) is 5.11. The van der Waals surface area contributed by atoms with E-state index in [4.69, 9.17) is 9.47 Å². The summed E-state index contributed by atoms with van der Waals surface area (Å²) in [4.78, 5) is 0. The number of rotatable bonds is 0. The Kier molecular flexibility index (Phi) is 17.5. The molecule has 0 N–H and O–H groups in total. The molecular formula is C18H31I2O2U. The second-order valence-electron chi connectivity index (χ2n) is 5.84. The van der Waals surface area contributed by atoms with E-state index >= 15 is 0 Å². The number of halogens is 2. The number of hydrogen-bond acceptors (Lipinski definition) is 2. The summed E-state index contributed by atoms with van der Waals surface area (Å²) < 4.78 is 9.89. The van der Waals surface area contributed by atoms with Crippen LogP contribution in [0, 0.1) is 24.4 Å². The zero-order valence-corrected chi connectivity index (χ0v) is 23.7. The van der Waals surface area contributed by atoms with E-state index in [1.165, 1.54) is 53.9 Å². The normalized spacial score (nSPS) is 20.1. The molecule has 133 valence electrons. The van der Waals surface area contributed by atoms with E-state index in [-0.39, 0.29) is 18.5 Å². The molecule has 0 amide bonds. The van der Waals surface area contributed by atoms with Crippen LogP contribution in [0.15, 0.2) is 22.3 Å². The van der Waals surface area contributed by atoms with Crippen molar-refractivity contribution < 1.29 is 27.9 Å². The third-order valence-electron chi connectivity index (χ3n) is 4.47. The summed E-state index contributed by atoms with van der Waals surface area (Å²) in [6, 6.07) is 0.